The Morgan fingerprint density at radius 1 is 1.56 bits per heavy atom. The van der Waals surface area contributed by atoms with Crippen molar-refractivity contribution in [1.29, 1.82) is 0 Å². The van der Waals surface area contributed by atoms with Gasteiger partial charge in [0.15, 0.2) is 0 Å². The zero-order chi connectivity index (χ0) is 12.1. The Hall–Kier alpha value is -1.36. The van der Waals surface area contributed by atoms with Crippen LogP contribution in [-0.2, 0) is 4.79 Å². The number of hydrogen-bond donors (Lipinski definition) is 1. The van der Waals surface area contributed by atoms with Gasteiger partial charge in [-0.3, -0.25) is 4.79 Å². The number of nitrogens with one attached hydrogen (secondary N) is 1. The van der Waals surface area contributed by atoms with Crippen LogP contribution in [0.25, 0.3) is 0 Å². The third-order valence-corrected chi connectivity index (χ3v) is 2.13. The zero-order valence-electron chi connectivity index (χ0n) is 9.62. The first-order chi connectivity index (χ1) is 7.52. The molecule has 5 nitrogen and oxygen atoms in total. The van der Waals surface area contributed by atoms with E-state index in [1.165, 1.54) is 0 Å². The maximum atomic E-state index is 11.4. The minimum absolute atomic E-state index is 0.0441. The average molecular weight is 243 g/mol. The van der Waals surface area contributed by atoms with Crippen LogP contribution in [-0.4, -0.2) is 36.0 Å². The number of halogens is 1. The van der Waals surface area contributed by atoms with Gasteiger partial charge in [-0.2, -0.15) is 0 Å². The summed E-state index contributed by atoms with van der Waals surface area (Å²) in [6.07, 6.45) is 0. The van der Waals surface area contributed by atoms with Crippen LogP contribution in [0.3, 0.4) is 0 Å². The topological polar surface area (TPSA) is 58.1 Å². The average Bonchev–Trinajstić information content (AvgIpc) is 2.16. The van der Waals surface area contributed by atoms with Crippen LogP contribution in [0.5, 0.6) is 0 Å². The summed E-state index contributed by atoms with van der Waals surface area (Å²) >= 11 is 5.81. The van der Waals surface area contributed by atoms with Crippen molar-refractivity contribution in [3.8, 4) is 0 Å². The number of aromatic nitrogens is 2. The fourth-order valence-electron chi connectivity index (χ4n) is 1.26. The first-order valence-corrected chi connectivity index (χ1v) is 5.39. The second-order valence-corrected chi connectivity index (χ2v) is 3.79. The van der Waals surface area contributed by atoms with Gasteiger partial charge in [0.05, 0.1) is 6.54 Å². The Balaban J connectivity index is 2.72. The van der Waals surface area contributed by atoms with Crippen LogP contribution in [0.1, 0.15) is 12.7 Å². The van der Waals surface area contributed by atoms with Crippen LogP contribution >= 0.6 is 11.6 Å². The second kappa shape index (κ2) is 5.65. The van der Waals surface area contributed by atoms with Gasteiger partial charge in [0.1, 0.15) is 16.8 Å². The monoisotopic (exact) mass is 242 g/mol. The van der Waals surface area contributed by atoms with Gasteiger partial charge in [-0.05, 0) is 13.8 Å². The minimum atomic E-state index is -0.0441. The highest BCUT2D eigenvalue weighted by Crippen LogP contribution is 2.14. The third kappa shape index (κ3) is 3.66. The molecule has 0 aliphatic carbocycles. The summed E-state index contributed by atoms with van der Waals surface area (Å²) in [5.74, 6) is 1.19. The molecule has 0 radical (unpaired) electrons. The molecule has 0 fully saturated rings. The Bertz CT molecular complexity index is 363. The molecule has 1 rings (SSSR count). The molecule has 6 heteroatoms. The van der Waals surface area contributed by atoms with Crippen LogP contribution in [0.2, 0.25) is 5.15 Å². The van der Waals surface area contributed by atoms with Crippen molar-refractivity contribution < 1.29 is 4.79 Å². The number of carbonyl (C=O) groups excluding carboxylic acids is 1. The van der Waals surface area contributed by atoms with Crippen molar-refractivity contribution >= 4 is 23.3 Å². The lowest BCUT2D eigenvalue weighted by Crippen LogP contribution is -2.35. The molecule has 0 aromatic carbocycles. The highest BCUT2D eigenvalue weighted by atomic mass is 35.5. The van der Waals surface area contributed by atoms with E-state index in [1.54, 1.807) is 24.9 Å². The summed E-state index contributed by atoms with van der Waals surface area (Å²) in [5, 5.41) is 3.10. The Morgan fingerprint density at radius 2 is 2.25 bits per heavy atom. The zero-order valence-corrected chi connectivity index (χ0v) is 10.4. The third-order valence-electron chi connectivity index (χ3n) is 1.94. The van der Waals surface area contributed by atoms with Gasteiger partial charge in [0.25, 0.3) is 0 Å². The lowest BCUT2D eigenvalue weighted by atomic mass is 10.4. The summed E-state index contributed by atoms with van der Waals surface area (Å²) in [6.45, 7) is 4.51. The van der Waals surface area contributed by atoms with Crippen LogP contribution in [0.4, 0.5) is 5.82 Å². The number of rotatable bonds is 4. The molecular weight excluding hydrogens is 228 g/mol. The molecule has 0 atom stereocenters. The molecule has 0 unspecified atom stereocenters. The molecule has 0 bridgehead atoms. The van der Waals surface area contributed by atoms with Gasteiger partial charge >= 0.3 is 0 Å². The van der Waals surface area contributed by atoms with Gasteiger partial charge in [-0.15, -0.1) is 0 Å². The van der Waals surface area contributed by atoms with E-state index in [0.29, 0.717) is 23.3 Å². The summed E-state index contributed by atoms with van der Waals surface area (Å²) in [4.78, 5) is 21.3. The quantitative estimate of drug-likeness (QED) is 0.801. The number of nitrogens with zero attached hydrogens (tertiary/aromatic N) is 3. The number of aryl methyl sites for hydroxylation is 1. The molecule has 0 saturated heterocycles. The molecule has 88 valence electrons. The molecule has 1 aromatic heterocycles. The summed E-state index contributed by atoms with van der Waals surface area (Å²) < 4.78 is 0. The Kier molecular flexibility index (Phi) is 4.49. The predicted octanol–water partition coefficient (Wildman–Crippen LogP) is 1.01. The van der Waals surface area contributed by atoms with E-state index < -0.39 is 0 Å². The normalized spacial score (nSPS) is 10.0. The predicted molar refractivity (Wildman–Crippen MR) is 63.7 cm³/mol. The van der Waals surface area contributed by atoms with E-state index in [2.05, 4.69) is 15.3 Å². The first kappa shape index (κ1) is 12.7. The van der Waals surface area contributed by atoms with Crippen LogP contribution in [0.15, 0.2) is 6.07 Å². The highest BCUT2D eigenvalue weighted by molar-refractivity contribution is 6.29. The smallest absolute Gasteiger partial charge is 0.239 e. The molecule has 0 spiro atoms. The summed E-state index contributed by atoms with van der Waals surface area (Å²) in [6, 6.07) is 1.63. The Labute approximate surface area is 99.8 Å². The van der Waals surface area contributed by atoms with E-state index >= 15 is 0 Å². The van der Waals surface area contributed by atoms with Gasteiger partial charge in [-0.25, -0.2) is 9.97 Å². The molecule has 0 aliphatic heterocycles. The van der Waals surface area contributed by atoms with E-state index in [9.17, 15) is 4.79 Å². The molecule has 0 aliphatic rings. The van der Waals surface area contributed by atoms with Gasteiger partial charge in [0.2, 0.25) is 5.91 Å². The molecular formula is C10H15ClN4O. The highest BCUT2D eigenvalue weighted by Gasteiger charge is 2.09. The lowest BCUT2D eigenvalue weighted by molar-refractivity contribution is -0.119. The largest absolute Gasteiger partial charge is 0.355 e. The number of hydrogen-bond acceptors (Lipinski definition) is 4. The number of amides is 1. The maximum absolute atomic E-state index is 11.4. The number of anilines is 1. The fourth-order valence-corrected chi connectivity index (χ4v) is 1.48. The van der Waals surface area contributed by atoms with Crippen molar-refractivity contribution in [2.45, 2.75) is 13.8 Å². The Morgan fingerprint density at radius 3 is 2.81 bits per heavy atom. The van der Waals surface area contributed by atoms with Crippen LogP contribution in [0, 0.1) is 6.92 Å². The molecule has 1 heterocycles. The van der Waals surface area contributed by atoms with Crippen molar-refractivity contribution in [3.05, 3.63) is 17.0 Å². The van der Waals surface area contributed by atoms with E-state index in [-0.39, 0.29) is 12.5 Å². The molecule has 1 aromatic rings. The SMILES string of the molecule is CCNC(=O)CN(C)c1cc(Cl)nc(C)n1. The van der Waals surface area contributed by atoms with Crippen molar-refractivity contribution in [2.24, 2.45) is 0 Å². The van der Waals surface area contributed by atoms with Gasteiger partial charge in [-0.1, -0.05) is 11.6 Å². The molecule has 1 amide bonds. The fraction of sp³-hybridized carbons (Fsp3) is 0.500. The van der Waals surface area contributed by atoms with Gasteiger partial charge < -0.3 is 10.2 Å². The second-order valence-electron chi connectivity index (χ2n) is 3.41. The summed E-state index contributed by atoms with van der Waals surface area (Å²) in [5.41, 5.74) is 0. The minimum Gasteiger partial charge on any atom is -0.355 e. The van der Waals surface area contributed by atoms with Crippen molar-refractivity contribution in [2.75, 3.05) is 25.0 Å². The maximum Gasteiger partial charge on any atom is 0.239 e. The molecule has 16 heavy (non-hydrogen) atoms. The summed E-state index contributed by atoms with van der Waals surface area (Å²) in [7, 11) is 1.79. The molecule has 1 N–H and O–H groups in total. The van der Waals surface area contributed by atoms with E-state index in [1.807, 2.05) is 6.92 Å². The first-order valence-electron chi connectivity index (χ1n) is 5.02. The van der Waals surface area contributed by atoms with Gasteiger partial charge in [0, 0.05) is 19.7 Å². The van der Waals surface area contributed by atoms with E-state index in [0.717, 1.165) is 0 Å². The van der Waals surface area contributed by atoms with Crippen molar-refractivity contribution in [1.82, 2.24) is 15.3 Å². The standard InChI is InChI=1S/C10H15ClN4O/c1-4-12-10(16)6-15(3)9-5-8(11)13-7(2)14-9/h5H,4,6H2,1-3H3,(H,12,16). The number of carbonyl (C=O) groups is 1. The van der Waals surface area contributed by atoms with Crippen molar-refractivity contribution in [3.63, 3.8) is 0 Å². The molecule has 0 saturated carbocycles. The van der Waals surface area contributed by atoms with E-state index in [4.69, 9.17) is 11.6 Å². The lowest BCUT2D eigenvalue weighted by Gasteiger charge is -2.17. The van der Waals surface area contributed by atoms with Crippen LogP contribution < -0.4 is 10.2 Å². The number of likely N-dealkylation sites (N-methyl/N-ethyl adjacent to an activating group) is 2.